The number of rotatable bonds is 9. The van der Waals surface area contributed by atoms with Gasteiger partial charge in [0.1, 0.15) is 0 Å². The van der Waals surface area contributed by atoms with E-state index in [1.165, 1.54) is 31.0 Å². The van der Waals surface area contributed by atoms with Crippen molar-refractivity contribution in [3.63, 3.8) is 0 Å². The van der Waals surface area contributed by atoms with Gasteiger partial charge in [-0.3, -0.25) is 9.59 Å². The van der Waals surface area contributed by atoms with E-state index in [1.54, 1.807) is 0 Å². The van der Waals surface area contributed by atoms with E-state index >= 15 is 0 Å². The molecule has 0 heterocycles. The van der Waals surface area contributed by atoms with Gasteiger partial charge in [0.25, 0.3) is 0 Å². The van der Waals surface area contributed by atoms with Crippen LogP contribution in [0.25, 0.3) is 0 Å². The Hall–Kier alpha value is -0.160. The molecule has 0 aliphatic heterocycles. The van der Waals surface area contributed by atoms with Crippen LogP contribution in [0, 0.1) is 5.92 Å². The average Bonchev–Trinajstić information content (AvgIpc) is 2.36. The van der Waals surface area contributed by atoms with Crippen molar-refractivity contribution in [1.29, 1.82) is 0 Å². The first kappa shape index (κ1) is 16.8. The first-order valence-corrected chi connectivity index (χ1v) is 7.67. The van der Waals surface area contributed by atoms with Gasteiger partial charge in [-0.2, -0.15) is 12.6 Å². The highest BCUT2D eigenvalue weighted by atomic mass is 32.2. The summed E-state index contributed by atoms with van der Waals surface area (Å²) in [5.74, 6) is 0.990. The zero-order valence-corrected chi connectivity index (χ0v) is 12.3. The SMILES string of the molecule is CCCCC(CC)CSC(=O)COC(=O)CS. The maximum Gasteiger partial charge on any atom is 0.316 e. The van der Waals surface area contributed by atoms with Crippen LogP contribution in [0.15, 0.2) is 0 Å². The predicted octanol–water partition coefficient (Wildman–Crippen LogP) is 2.94. The minimum atomic E-state index is -0.444. The van der Waals surface area contributed by atoms with E-state index in [9.17, 15) is 9.59 Å². The van der Waals surface area contributed by atoms with E-state index in [0.717, 1.165) is 12.2 Å². The van der Waals surface area contributed by atoms with E-state index in [4.69, 9.17) is 4.74 Å². The van der Waals surface area contributed by atoms with Crippen molar-refractivity contribution < 1.29 is 14.3 Å². The summed E-state index contributed by atoms with van der Waals surface area (Å²) in [5.41, 5.74) is 0. The Morgan fingerprint density at radius 3 is 2.59 bits per heavy atom. The van der Waals surface area contributed by atoms with Gasteiger partial charge >= 0.3 is 5.97 Å². The molecule has 0 aromatic rings. The summed E-state index contributed by atoms with van der Waals surface area (Å²) in [7, 11) is 0. The zero-order valence-electron chi connectivity index (χ0n) is 10.6. The third kappa shape index (κ3) is 9.53. The quantitative estimate of drug-likeness (QED) is 0.520. The standard InChI is InChI=1S/C12H22O3S2/c1-3-5-6-10(4-2)9-17-12(14)7-15-11(13)8-16/h10,16H,3-9H2,1-2H3. The Morgan fingerprint density at radius 2 is 2.06 bits per heavy atom. The maximum atomic E-state index is 11.4. The predicted molar refractivity (Wildman–Crippen MR) is 75.6 cm³/mol. The number of thioether (sulfide) groups is 1. The molecule has 0 aromatic carbocycles. The third-order valence-corrected chi connectivity index (χ3v) is 3.84. The van der Waals surface area contributed by atoms with Crippen LogP contribution in [0.2, 0.25) is 0 Å². The maximum absolute atomic E-state index is 11.4. The van der Waals surface area contributed by atoms with Gasteiger partial charge < -0.3 is 4.74 Å². The van der Waals surface area contributed by atoms with Crippen molar-refractivity contribution in [2.45, 2.75) is 39.5 Å². The second-order valence-electron chi connectivity index (χ2n) is 3.92. The number of esters is 1. The highest BCUT2D eigenvalue weighted by molar-refractivity contribution is 8.13. The molecule has 0 radical (unpaired) electrons. The van der Waals surface area contributed by atoms with Crippen molar-refractivity contribution in [2.24, 2.45) is 5.92 Å². The molecule has 100 valence electrons. The number of thiol groups is 1. The molecule has 1 atom stereocenters. The molecule has 0 spiro atoms. The lowest BCUT2D eigenvalue weighted by atomic mass is 10.0. The van der Waals surface area contributed by atoms with Gasteiger partial charge in [-0.15, -0.1) is 0 Å². The molecule has 0 aromatic heterocycles. The number of carbonyl (C=O) groups excluding carboxylic acids is 2. The fraction of sp³-hybridized carbons (Fsp3) is 0.833. The van der Waals surface area contributed by atoms with Crippen LogP contribution in [0.3, 0.4) is 0 Å². The molecule has 0 saturated heterocycles. The third-order valence-electron chi connectivity index (χ3n) is 2.50. The average molecular weight is 278 g/mol. The van der Waals surface area contributed by atoms with Gasteiger partial charge in [-0.05, 0) is 12.3 Å². The molecule has 0 aliphatic rings. The Balaban J connectivity index is 3.69. The molecule has 0 rings (SSSR count). The van der Waals surface area contributed by atoms with Crippen molar-refractivity contribution >= 4 is 35.5 Å². The minimum absolute atomic E-state index is 0.0199. The number of unbranched alkanes of at least 4 members (excludes halogenated alkanes) is 1. The van der Waals surface area contributed by atoms with Crippen molar-refractivity contribution in [2.75, 3.05) is 18.1 Å². The lowest BCUT2D eigenvalue weighted by molar-refractivity contribution is -0.143. The fourth-order valence-electron chi connectivity index (χ4n) is 1.34. The summed E-state index contributed by atoms with van der Waals surface area (Å²) in [5, 5.41) is -0.0740. The molecule has 0 aliphatic carbocycles. The van der Waals surface area contributed by atoms with Crippen LogP contribution in [-0.2, 0) is 14.3 Å². The van der Waals surface area contributed by atoms with Gasteiger partial charge in [0.05, 0.1) is 5.75 Å². The number of hydrogen-bond donors (Lipinski definition) is 1. The van der Waals surface area contributed by atoms with Crippen LogP contribution in [0.5, 0.6) is 0 Å². The Morgan fingerprint density at radius 1 is 1.35 bits per heavy atom. The van der Waals surface area contributed by atoms with Crippen molar-refractivity contribution in [1.82, 2.24) is 0 Å². The molecule has 5 heteroatoms. The summed E-state index contributed by atoms with van der Waals surface area (Å²) < 4.78 is 4.71. The lowest BCUT2D eigenvalue weighted by Gasteiger charge is -2.12. The van der Waals surface area contributed by atoms with Crippen LogP contribution in [-0.4, -0.2) is 29.2 Å². The van der Waals surface area contributed by atoms with Gasteiger partial charge in [0.15, 0.2) is 6.61 Å². The summed E-state index contributed by atoms with van der Waals surface area (Å²) >= 11 is 5.03. The number of hydrogen-bond acceptors (Lipinski definition) is 5. The summed E-state index contributed by atoms with van der Waals surface area (Å²) in [4.78, 5) is 22.2. The molecule has 0 fully saturated rings. The van der Waals surface area contributed by atoms with E-state index in [2.05, 4.69) is 26.5 Å². The van der Waals surface area contributed by atoms with Crippen LogP contribution in [0.4, 0.5) is 0 Å². The molecular weight excluding hydrogens is 256 g/mol. The molecule has 3 nitrogen and oxygen atoms in total. The van der Waals surface area contributed by atoms with Gasteiger partial charge in [-0.1, -0.05) is 44.9 Å². The zero-order chi connectivity index (χ0) is 13.1. The van der Waals surface area contributed by atoms with Crippen molar-refractivity contribution in [3.05, 3.63) is 0 Å². The van der Waals surface area contributed by atoms with Crippen LogP contribution in [0.1, 0.15) is 39.5 Å². The van der Waals surface area contributed by atoms with E-state index in [-0.39, 0.29) is 17.5 Å². The number of carbonyl (C=O) groups is 2. The Labute approximate surface area is 113 Å². The van der Waals surface area contributed by atoms with Crippen LogP contribution < -0.4 is 0 Å². The second-order valence-corrected chi connectivity index (χ2v) is 5.31. The Kier molecular flexibility index (Phi) is 10.9. The van der Waals surface area contributed by atoms with E-state index in [0.29, 0.717) is 5.92 Å². The van der Waals surface area contributed by atoms with Gasteiger partial charge in [0.2, 0.25) is 5.12 Å². The van der Waals surface area contributed by atoms with E-state index < -0.39 is 5.97 Å². The highest BCUT2D eigenvalue weighted by Gasteiger charge is 2.11. The molecule has 0 N–H and O–H groups in total. The first-order valence-electron chi connectivity index (χ1n) is 6.06. The summed E-state index contributed by atoms with van der Waals surface area (Å²) in [6, 6.07) is 0. The normalized spacial score (nSPS) is 12.2. The van der Waals surface area contributed by atoms with Crippen molar-refractivity contribution in [3.8, 4) is 0 Å². The van der Waals surface area contributed by atoms with E-state index in [1.807, 2.05) is 0 Å². The molecule has 1 unspecified atom stereocenters. The smallest absolute Gasteiger partial charge is 0.316 e. The molecule has 0 bridgehead atoms. The Bertz CT molecular complexity index is 232. The van der Waals surface area contributed by atoms with Gasteiger partial charge in [0, 0.05) is 5.75 Å². The minimum Gasteiger partial charge on any atom is -0.456 e. The molecule has 0 saturated carbocycles. The second kappa shape index (κ2) is 11.0. The number of ether oxygens (including phenoxy) is 1. The van der Waals surface area contributed by atoms with Crippen LogP contribution >= 0.6 is 24.4 Å². The fourth-order valence-corrected chi connectivity index (χ4v) is 2.39. The largest absolute Gasteiger partial charge is 0.456 e. The summed E-state index contributed by atoms with van der Waals surface area (Å²) in [6.07, 6.45) is 4.66. The lowest BCUT2D eigenvalue weighted by Crippen LogP contribution is -2.14. The topological polar surface area (TPSA) is 43.4 Å². The molecule has 17 heavy (non-hydrogen) atoms. The molecule has 0 amide bonds. The monoisotopic (exact) mass is 278 g/mol. The summed E-state index contributed by atoms with van der Waals surface area (Å²) in [6.45, 7) is 4.18. The molecular formula is C12H22O3S2. The highest BCUT2D eigenvalue weighted by Crippen LogP contribution is 2.18. The van der Waals surface area contributed by atoms with Gasteiger partial charge in [-0.25, -0.2) is 0 Å². The first-order chi connectivity index (χ1) is 8.13.